The average molecular weight is 210 g/mol. The molecular weight excluding hydrogens is 184 g/mol. The first-order valence-corrected chi connectivity index (χ1v) is 6.87. The molecule has 2 bridgehead atoms. The Labute approximate surface area is 94.3 Å². The third kappa shape index (κ3) is 1.84. The minimum absolute atomic E-state index is 0.0281. The van der Waals surface area contributed by atoms with E-state index in [2.05, 4.69) is 20.8 Å². The van der Waals surface area contributed by atoms with E-state index in [1.54, 1.807) is 0 Å². The van der Waals surface area contributed by atoms with Crippen molar-refractivity contribution in [1.82, 2.24) is 0 Å². The van der Waals surface area contributed by atoms with Crippen LogP contribution in [0, 0.1) is 29.6 Å². The van der Waals surface area contributed by atoms with Crippen LogP contribution in [0.15, 0.2) is 0 Å². The maximum Gasteiger partial charge on any atom is 0.0573 e. The van der Waals surface area contributed by atoms with Crippen LogP contribution >= 0.6 is 0 Å². The van der Waals surface area contributed by atoms with Gasteiger partial charge in [0, 0.05) is 0 Å². The van der Waals surface area contributed by atoms with Crippen molar-refractivity contribution in [2.24, 2.45) is 29.6 Å². The fourth-order valence-corrected chi connectivity index (χ4v) is 4.54. The Kier molecular flexibility index (Phi) is 3.39. The molecule has 0 amide bonds. The topological polar surface area (TPSA) is 20.2 Å². The van der Waals surface area contributed by atoms with Gasteiger partial charge in [-0.05, 0) is 42.4 Å². The highest BCUT2D eigenvalue weighted by atomic mass is 16.3. The number of rotatable bonds is 4. The zero-order valence-electron chi connectivity index (χ0n) is 10.4. The molecule has 1 N–H and O–H groups in total. The largest absolute Gasteiger partial charge is 0.393 e. The summed E-state index contributed by atoms with van der Waals surface area (Å²) in [6.45, 7) is 7.03. The Morgan fingerprint density at radius 1 is 1.27 bits per heavy atom. The lowest BCUT2D eigenvalue weighted by Gasteiger charge is -2.36. The van der Waals surface area contributed by atoms with Crippen LogP contribution in [-0.4, -0.2) is 11.2 Å². The minimum atomic E-state index is 0.0281. The molecule has 0 spiro atoms. The molecule has 1 heteroatoms. The summed E-state index contributed by atoms with van der Waals surface area (Å²) in [5, 5.41) is 9.89. The summed E-state index contributed by atoms with van der Waals surface area (Å²) in [7, 11) is 0. The number of aliphatic hydroxyl groups is 1. The Morgan fingerprint density at radius 3 is 2.47 bits per heavy atom. The van der Waals surface area contributed by atoms with Gasteiger partial charge < -0.3 is 5.11 Å². The maximum atomic E-state index is 9.89. The van der Waals surface area contributed by atoms with Gasteiger partial charge in [0.25, 0.3) is 0 Å². The summed E-state index contributed by atoms with van der Waals surface area (Å²) < 4.78 is 0. The van der Waals surface area contributed by atoms with E-state index in [0.717, 1.165) is 30.1 Å². The van der Waals surface area contributed by atoms with E-state index in [9.17, 15) is 5.11 Å². The van der Waals surface area contributed by atoms with Crippen molar-refractivity contribution < 1.29 is 5.11 Å². The van der Waals surface area contributed by atoms with E-state index in [-0.39, 0.29) is 6.10 Å². The first-order valence-electron chi connectivity index (χ1n) is 6.87. The quantitative estimate of drug-likeness (QED) is 0.753. The number of aliphatic hydroxyl groups excluding tert-OH is 1. The minimum Gasteiger partial charge on any atom is -0.393 e. The van der Waals surface area contributed by atoms with Gasteiger partial charge in [0.05, 0.1) is 6.10 Å². The van der Waals surface area contributed by atoms with Crippen LogP contribution in [0.4, 0.5) is 0 Å². The summed E-state index contributed by atoms with van der Waals surface area (Å²) in [5.74, 6) is 4.09. The van der Waals surface area contributed by atoms with Crippen molar-refractivity contribution in [2.75, 3.05) is 0 Å². The van der Waals surface area contributed by atoms with Gasteiger partial charge >= 0.3 is 0 Å². The molecule has 0 aromatic heterocycles. The Morgan fingerprint density at radius 2 is 2.00 bits per heavy atom. The molecule has 6 atom stereocenters. The number of hydrogen-bond acceptors (Lipinski definition) is 1. The van der Waals surface area contributed by atoms with E-state index >= 15 is 0 Å². The van der Waals surface area contributed by atoms with Crippen molar-refractivity contribution >= 4 is 0 Å². The second kappa shape index (κ2) is 4.45. The maximum absolute atomic E-state index is 9.89. The molecule has 2 aliphatic carbocycles. The summed E-state index contributed by atoms with van der Waals surface area (Å²) in [6.07, 6.45) is 6.49. The van der Waals surface area contributed by atoms with Gasteiger partial charge in [0.1, 0.15) is 0 Å². The van der Waals surface area contributed by atoms with Gasteiger partial charge in [-0.1, -0.05) is 40.0 Å². The molecular formula is C14H26O. The van der Waals surface area contributed by atoms with Gasteiger partial charge in [-0.25, -0.2) is 0 Å². The summed E-state index contributed by atoms with van der Waals surface area (Å²) >= 11 is 0. The molecule has 1 nitrogen and oxygen atoms in total. The third-order valence-corrected chi connectivity index (χ3v) is 5.17. The predicted molar refractivity (Wildman–Crippen MR) is 63.6 cm³/mol. The van der Waals surface area contributed by atoms with Gasteiger partial charge in [-0.3, -0.25) is 0 Å². The zero-order valence-corrected chi connectivity index (χ0v) is 10.4. The van der Waals surface area contributed by atoms with Crippen molar-refractivity contribution in [3.63, 3.8) is 0 Å². The van der Waals surface area contributed by atoms with Crippen molar-refractivity contribution in [3.05, 3.63) is 0 Å². The molecule has 0 aromatic rings. The van der Waals surface area contributed by atoms with Gasteiger partial charge in [-0.2, -0.15) is 0 Å². The molecule has 2 fully saturated rings. The predicted octanol–water partition coefficient (Wildman–Crippen LogP) is 3.47. The Balaban J connectivity index is 2.04. The average Bonchev–Trinajstić information content (AvgIpc) is 2.71. The molecule has 2 aliphatic rings. The molecule has 0 saturated heterocycles. The van der Waals surface area contributed by atoms with Crippen LogP contribution in [0.5, 0.6) is 0 Å². The summed E-state index contributed by atoms with van der Waals surface area (Å²) in [6, 6.07) is 0. The highest BCUT2D eigenvalue weighted by Crippen LogP contribution is 2.55. The monoisotopic (exact) mass is 210 g/mol. The van der Waals surface area contributed by atoms with E-state index in [1.807, 2.05) is 0 Å². The van der Waals surface area contributed by atoms with Crippen LogP contribution in [0.2, 0.25) is 0 Å². The highest BCUT2D eigenvalue weighted by Gasteiger charge is 2.51. The smallest absolute Gasteiger partial charge is 0.0573 e. The fourth-order valence-electron chi connectivity index (χ4n) is 4.54. The fraction of sp³-hybridized carbons (Fsp3) is 1.00. The first-order chi connectivity index (χ1) is 7.19. The second-order valence-electron chi connectivity index (χ2n) is 5.86. The molecule has 0 aliphatic heterocycles. The number of fused-ring (bicyclic) bond motifs is 2. The lowest BCUT2D eigenvalue weighted by atomic mass is 9.70. The Bertz CT molecular complexity index is 211. The Hall–Kier alpha value is -0.0400. The second-order valence-corrected chi connectivity index (χ2v) is 5.86. The molecule has 0 aromatic carbocycles. The van der Waals surface area contributed by atoms with Gasteiger partial charge in [-0.15, -0.1) is 0 Å². The lowest BCUT2D eigenvalue weighted by Crippen LogP contribution is -2.33. The SMILES string of the molecule is CCCC(CC)C1C2CC(O)C(C2)C1C. The van der Waals surface area contributed by atoms with Crippen molar-refractivity contribution in [3.8, 4) is 0 Å². The molecule has 2 saturated carbocycles. The van der Waals surface area contributed by atoms with Gasteiger partial charge in [0.15, 0.2) is 0 Å². The molecule has 0 radical (unpaired) electrons. The van der Waals surface area contributed by atoms with Crippen LogP contribution in [0.1, 0.15) is 52.9 Å². The highest BCUT2D eigenvalue weighted by molar-refractivity contribution is 5.00. The zero-order chi connectivity index (χ0) is 11.0. The summed E-state index contributed by atoms with van der Waals surface area (Å²) in [4.78, 5) is 0. The van der Waals surface area contributed by atoms with E-state index in [4.69, 9.17) is 0 Å². The van der Waals surface area contributed by atoms with E-state index in [1.165, 1.54) is 25.7 Å². The summed E-state index contributed by atoms with van der Waals surface area (Å²) in [5.41, 5.74) is 0. The van der Waals surface area contributed by atoms with Crippen LogP contribution in [0.25, 0.3) is 0 Å². The van der Waals surface area contributed by atoms with Gasteiger partial charge in [0.2, 0.25) is 0 Å². The standard InChI is InChI=1S/C14H26O/c1-4-6-10(5-2)14-9(3)12-7-11(14)8-13(12)15/h9-15H,4-8H2,1-3H3. The lowest BCUT2D eigenvalue weighted by molar-refractivity contribution is 0.0371. The van der Waals surface area contributed by atoms with Crippen LogP contribution < -0.4 is 0 Å². The first kappa shape index (κ1) is 11.4. The molecule has 2 rings (SSSR count). The van der Waals surface area contributed by atoms with Crippen LogP contribution in [0.3, 0.4) is 0 Å². The molecule has 0 heterocycles. The normalized spacial score (nSPS) is 46.0. The van der Waals surface area contributed by atoms with Crippen LogP contribution in [-0.2, 0) is 0 Å². The van der Waals surface area contributed by atoms with Crippen molar-refractivity contribution in [1.29, 1.82) is 0 Å². The molecule has 88 valence electrons. The molecule has 15 heavy (non-hydrogen) atoms. The third-order valence-electron chi connectivity index (χ3n) is 5.17. The van der Waals surface area contributed by atoms with Crippen molar-refractivity contribution in [2.45, 2.75) is 59.0 Å². The number of hydrogen-bond donors (Lipinski definition) is 1. The van der Waals surface area contributed by atoms with E-state index < -0.39 is 0 Å². The molecule has 6 unspecified atom stereocenters. The van der Waals surface area contributed by atoms with E-state index in [0.29, 0.717) is 5.92 Å².